The highest BCUT2D eigenvalue weighted by atomic mass is 35.5. The molecule has 0 radical (unpaired) electrons. The predicted octanol–water partition coefficient (Wildman–Crippen LogP) is 4.64. The fourth-order valence-corrected chi connectivity index (χ4v) is 3.72. The third-order valence-corrected chi connectivity index (χ3v) is 5.67. The monoisotopic (exact) mass is 532 g/mol. The molecule has 10 heteroatoms. The summed E-state index contributed by atoms with van der Waals surface area (Å²) in [5.41, 5.74) is 1.05. The Bertz CT molecular complexity index is 1480. The van der Waals surface area contributed by atoms with Gasteiger partial charge in [0.25, 0.3) is 11.8 Å². The summed E-state index contributed by atoms with van der Waals surface area (Å²) in [4.78, 5) is 51.4. The number of urea groups is 1. The Morgan fingerprint density at radius 1 is 0.868 bits per heavy atom. The summed E-state index contributed by atoms with van der Waals surface area (Å²) in [5.74, 6) is -1.72. The first-order valence-corrected chi connectivity index (χ1v) is 11.6. The molecule has 4 amide bonds. The molecule has 0 aromatic heterocycles. The number of carbonyl (C=O) groups is 4. The summed E-state index contributed by atoms with van der Waals surface area (Å²) in [6.07, 6.45) is 4.14. The smallest absolute Gasteiger partial charge is 0.336 e. The number of rotatable bonds is 7. The summed E-state index contributed by atoms with van der Waals surface area (Å²) >= 11 is 5.86. The number of anilines is 1. The number of imide groups is 2. The van der Waals surface area contributed by atoms with Crippen molar-refractivity contribution in [2.24, 2.45) is 0 Å². The number of nitrogens with one attached hydrogen (secondary N) is 1. The van der Waals surface area contributed by atoms with Gasteiger partial charge in [0.05, 0.1) is 19.9 Å². The maximum atomic E-state index is 13.2. The van der Waals surface area contributed by atoms with E-state index in [1.54, 1.807) is 48.5 Å². The number of esters is 1. The second-order valence-corrected chi connectivity index (χ2v) is 8.28. The molecule has 4 rings (SSSR count). The fraction of sp³-hybridized carbons (Fsp3) is 0.0714. The Kier molecular flexibility index (Phi) is 7.88. The molecule has 192 valence electrons. The summed E-state index contributed by atoms with van der Waals surface area (Å²) in [6.45, 7) is 0. The largest absolute Gasteiger partial charge is 0.495 e. The summed E-state index contributed by atoms with van der Waals surface area (Å²) in [5, 5.41) is 2.74. The van der Waals surface area contributed by atoms with Gasteiger partial charge in [0.1, 0.15) is 11.3 Å². The number of ether oxygens (including phenoxy) is 3. The number of para-hydroxylation sites is 2. The van der Waals surface area contributed by atoms with Crippen LogP contribution in [0.5, 0.6) is 17.2 Å². The Labute approximate surface area is 222 Å². The van der Waals surface area contributed by atoms with Gasteiger partial charge in [-0.3, -0.25) is 14.9 Å². The van der Waals surface area contributed by atoms with Crippen molar-refractivity contribution in [3.8, 4) is 17.2 Å². The number of methoxy groups -OCH3 is 2. The van der Waals surface area contributed by atoms with Crippen LogP contribution in [0.1, 0.15) is 11.1 Å². The number of hydrogen-bond acceptors (Lipinski definition) is 7. The number of benzene rings is 3. The van der Waals surface area contributed by atoms with E-state index in [-0.39, 0.29) is 28.5 Å². The van der Waals surface area contributed by atoms with E-state index in [4.69, 9.17) is 25.8 Å². The number of hydrogen-bond donors (Lipinski definition) is 1. The van der Waals surface area contributed by atoms with Crippen LogP contribution < -0.4 is 24.4 Å². The first kappa shape index (κ1) is 26.2. The molecule has 0 spiro atoms. The van der Waals surface area contributed by atoms with Crippen LogP contribution in [0.4, 0.5) is 10.5 Å². The van der Waals surface area contributed by atoms with Crippen molar-refractivity contribution in [1.29, 1.82) is 0 Å². The average Bonchev–Trinajstić information content (AvgIpc) is 2.91. The summed E-state index contributed by atoms with van der Waals surface area (Å²) in [6, 6.07) is 16.9. The molecule has 0 saturated carbocycles. The lowest BCUT2D eigenvalue weighted by atomic mass is 10.1. The van der Waals surface area contributed by atoms with E-state index in [0.29, 0.717) is 10.6 Å². The zero-order valence-electron chi connectivity index (χ0n) is 20.3. The van der Waals surface area contributed by atoms with Crippen molar-refractivity contribution in [2.75, 3.05) is 19.1 Å². The number of nitrogens with zero attached hydrogens (tertiary/aromatic N) is 1. The molecule has 1 N–H and O–H groups in total. The van der Waals surface area contributed by atoms with Crippen LogP contribution in [0.25, 0.3) is 12.2 Å². The molecular formula is C28H21ClN2O7. The minimum absolute atomic E-state index is 0.130. The molecule has 3 aromatic rings. The molecule has 0 unspecified atom stereocenters. The molecular weight excluding hydrogens is 512 g/mol. The van der Waals surface area contributed by atoms with E-state index in [1.807, 2.05) is 0 Å². The molecule has 0 bridgehead atoms. The first-order chi connectivity index (χ1) is 18.3. The van der Waals surface area contributed by atoms with Crippen molar-refractivity contribution < 1.29 is 33.4 Å². The van der Waals surface area contributed by atoms with Crippen LogP contribution >= 0.6 is 11.6 Å². The molecule has 0 aliphatic carbocycles. The van der Waals surface area contributed by atoms with E-state index >= 15 is 0 Å². The van der Waals surface area contributed by atoms with Gasteiger partial charge >= 0.3 is 12.0 Å². The molecule has 1 aliphatic rings. The van der Waals surface area contributed by atoms with Gasteiger partial charge in [-0.15, -0.1) is 0 Å². The van der Waals surface area contributed by atoms with Gasteiger partial charge in [0.2, 0.25) is 0 Å². The Morgan fingerprint density at radius 2 is 1.55 bits per heavy atom. The molecule has 1 aliphatic heterocycles. The topological polar surface area (TPSA) is 111 Å². The number of halogens is 1. The van der Waals surface area contributed by atoms with Gasteiger partial charge in [-0.2, -0.15) is 0 Å². The van der Waals surface area contributed by atoms with Crippen LogP contribution in [0.2, 0.25) is 5.02 Å². The van der Waals surface area contributed by atoms with Gasteiger partial charge in [0, 0.05) is 11.1 Å². The average molecular weight is 533 g/mol. The summed E-state index contributed by atoms with van der Waals surface area (Å²) < 4.78 is 16.0. The number of barbiturate groups is 1. The van der Waals surface area contributed by atoms with E-state index in [0.717, 1.165) is 10.5 Å². The highest BCUT2D eigenvalue weighted by Gasteiger charge is 2.38. The van der Waals surface area contributed by atoms with E-state index in [1.165, 1.54) is 50.6 Å². The molecule has 1 fully saturated rings. The Balaban J connectivity index is 1.57. The van der Waals surface area contributed by atoms with Crippen LogP contribution in [-0.2, 0) is 14.4 Å². The standard InChI is InChI=1S/C28H21ClN2O7/c1-36-22-6-4-3-5-21(22)31-27(34)20(26(33)30-28(31)35)15-18-9-13-23(24(16-18)37-2)38-25(32)14-10-17-7-11-19(29)12-8-17/h3-16H,1-2H3,(H,30,33,35)/b14-10+,20-15+. The fourth-order valence-electron chi connectivity index (χ4n) is 3.60. The molecule has 1 saturated heterocycles. The van der Waals surface area contributed by atoms with E-state index < -0.39 is 23.8 Å². The lowest BCUT2D eigenvalue weighted by molar-refractivity contribution is -0.129. The first-order valence-electron chi connectivity index (χ1n) is 11.2. The van der Waals surface area contributed by atoms with Gasteiger partial charge in [-0.05, 0) is 59.7 Å². The van der Waals surface area contributed by atoms with Crippen molar-refractivity contribution in [3.63, 3.8) is 0 Å². The zero-order valence-corrected chi connectivity index (χ0v) is 21.0. The Morgan fingerprint density at radius 3 is 2.26 bits per heavy atom. The minimum Gasteiger partial charge on any atom is -0.495 e. The molecule has 3 aromatic carbocycles. The number of amides is 4. The maximum absolute atomic E-state index is 13.2. The maximum Gasteiger partial charge on any atom is 0.336 e. The molecule has 1 heterocycles. The second-order valence-electron chi connectivity index (χ2n) is 7.85. The van der Waals surface area contributed by atoms with Gasteiger partial charge < -0.3 is 14.2 Å². The van der Waals surface area contributed by atoms with Crippen molar-refractivity contribution in [1.82, 2.24) is 5.32 Å². The Hall–Kier alpha value is -4.89. The van der Waals surface area contributed by atoms with Crippen LogP contribution in [-0.4, -0.2) is 38.0 Å². The molecule has 38 heavy (non-hydrogen) atoms. The van der Waals surface area contributed by atoms with Crippen LogP contribution in [0.15, 0.2) is 78.4 Å². The lowest BCUT2D eigenvalue weighted by Crippen LogP contribution is -2.54. The van der Waals surface area contributed by atoms with Gasteiger partial charge in [-0.1, -0.05) is 41.9 Å². The van der Waals surface area contributed by atoms with Crippen LogP contribution in [0.3, 0.4) is 0 Å². The SMILES string of the molecule is COc1cc(/C=C2\C(=O)NC(=O)N(c3ccccc3OC)C2=O)ccc1OC(=O)/C=C/c1ccc(Cl)cc1. The zero-order chi connectivity index (χ0) is 27.2. The highest BCUT2D eigenvalue weighted by Crippen LogP contribution is 2.32. The quantitative estimate of drug-likeness (QED) is 0.204. The molecule has 0 atom stereocenters. The number of carbonyl (C=O) groups excluding carboxylic acids is 4. The van der Waals surface area contributed by atoms with Crippen molar-refractivity contribution in [2.45, 2.75) is 0 Å². The lowest BCUT2D eigenvalue weighted by Gasteiger charge is -2.27. The molecule has 9 nitrogen and oxygen atoms in total. The predicted molar refractivity (Wildman–Crippen MR) is 141 cm³/mol. The third kappa shape index (κ3) is 5.74. The highest BCUT2D eigenvalue weighted by molar-refractivity contribution is 6.39. The van der Waals surface area contributed by atoms with E-state index in [2.05, 4.69) is 5.32 Å². The van der Waals surface area contributed by atoms with Gasteiger partial charge in [-0.25, -0.2) is 14.5 Å². The van der Waals surface area contributed by atoms with Gasteiger partial charge in [0.15, 0.2) is 11.5 Å². The van der Waals surface area contributed by atoms with Crippen LogP contribution in [0, 0.1) is 0 Å². The van der Waals surface area contributed by atoms with E-state index in [9.17, 15) is 19.2 Å². The normalized spacial score (nSPS) is 14.6. The third-order valence-electron chi connectivity index (χ3n) is 5.42. The second kappa shape index (κ2) is 11.4. The summed E-state index contributed by atoms with van der Waals surface area (Å²) in [7, 11) is 2.79. The van der Waals surface area contributed by atoms with Crippen molar-refractivity contribution in [3.05, 3.63) is 94.5 Å². The van der Waals surface area contributed by atoms with Crippen molar-refractivity contribution >= 4 is 53.3 Å². The minimum atomic E-state index is -0.895.